The van der Waals surface area contributed by atoms with E-state index in [1.807, 2.05) is 11.3 Å². The molecule has 1 aliphatic heterocycles. The van der Waals surface area contributed by atoms with E-state index in [2.05, 4.69) is 22.5 Å². The average Bonchev–Trinajstić information content (AvgIpc) is 2.96. The number of nitrogens with zero attached hydrogens (tertiary/aromatic N) is 2. The molecule has 1 saturated carbocycles. The van der Waals surface area contributed by atoms with Crippen LogP contribution >= 0.6 is 11.3 Å². The van der Waals surface area contributed by atoms with Crippen molar-refractivity contribution in [1.82, 2.24) is 10.3 Å². The second-order valence-corrected chi connectivity index (χ2v) is 7.08. The summed E-state index contributed by atoms with van der Waals surface area (Å²) in [5.74, 6) is 0.933. The van der Waals surface area contributed by atoms with Gasteiger partial charge in [0.25, 0.3) is 0 Å². The molecule has 0 radical (unpaired) electrons. The number of thiazole rings is 1. The van der Waals surface area contributed by atoms with Gasteiger partial charge in [-0.05, 0) is 44.6 Å². The highest BCUT2D eigenvalue weighted by atomic mass is 32.1. The zero-order valence-corrected chi connectivity index (χ0v) is 13.4. The molecule has 4 heteroatoms. The van der Waals surface area contributed by atoms with Gasteiger partial charge in [0.15, 0.2) is 5.13 Å². The largest absolute Gasteiger partial charge is 0.345 e. The van der Waals surface area contributed by atoms with E-state index in [1.165, 1.54) is 62.3 Å². The molecule has 0 bridgehead atoms. The summed E-state index contributed by atoms with van der Waals surface area (Å²) in [5.41, 5.74) is 1.22. The van der Waals surface area contributed by atoms with Crippen molar-refractivity contribution >= 4 is 16.5 Å². The molecule has 2 atom stereocenters. The third-order valence-corrected chi connectivity index (χ3v) is 5.69. The van der Waals surface area contributed by atoms with Crippen LogP contribution in [-0.2, 0) is 6.54 Å². The first-order chi connectivity index (χ1) is 9.88. The summed E-state index contributed by atoms with van der Waals surface area (Å²) in [7, 11) is 0. The highest BCUT2D eigenvalue weighted by Crippen LogP contribution is 2.38. The van der Waals surface area contributed by atoms with Gasteiger partial charge >= 0.3 is 0 Å². The third-order valence-electron chi connectivity index (χ3n) is 4.76. The molecule has 1 aromatic rings. The second kappa shape index (κ2) is 6.90. The summed E-state index contributed by atoms with van der Waals surface area (Å²) in [6.45, 7) is 5.43. The van der Waals surface area contributed by atoms with Crippen LogP contribution in [0.15, 0.2) is 5.38 Å². The van der Waals surface area contributed by atoms with E-state index in [0.29, 0.717) is 0 Å². The summed E-state index contributed by atoms with van der Waals surface area (Å²) >= 11 is 1.84. The number of fused-ring (bicyclic) bond motifs is 1. The molecule has 1 N–H and O–H groups in total. The van der Waals surface area contributed by atoms with Gasteiger partial charge in [-0.2, -0.15) is 0 Å². The number of rotatable bonds is 5. The molecule has 20 heavy (non-hydrogen) atoms. The minimum Gasteiger partial charge on any atom is -0.345 e. The Balaban J connectivity index is 1.65. The molecule has 1 aromatic heterocycles. The van der Waals surface area contributed by atoms with Crippen LogP contribution in [0.4, 0.5) is 5.13 Å². The van der Waals surface area contributed by atoms with Crippen LogP contribution in [0, 0.1) is 5.92 Å². The first-order valence-electron chi connectivity index (χ1n) is 8.30. The van der Waals surface area contributed by atoms with E-state index in [0.717, 1.165) is 25.0 Å². The van der Waals surface area contributed by atoms with E-state index in [1.54, 1.807) is 0 Å². The average molecular weight is 293 g/mol. The molecule has 0 spiro atoms. The Morgan fingerprint density at radius 1 is 1.30 bits per heavy atom. The Morgan fingerprint density at radius 2 is 2.15 bits per heavy atom. The molecule has 2 fully saturated rings. The minimum atomic E-state index is 0.778. The Morgan fingerprint density at radius 3 is 3.05 bits per heavy atom. The predicted molar refractivity (Wildman–Crippen MR) is 86.4 cm³/mol. The van der Waals surface area contributed by atoms with E-state index in [4.69, 9.17) is 4.98 Å². The standard InChI is InChI=1S/C16H27N3S/c1-2-9-17-11-14-12-20-16(18-14)19-10-5-7-13-6-3-4-8-15(13)19/h12-13,15,17H,2-11H2,1H3. The van der Waals surface area contributed by atoms with Gasteiger partial charge in [0.2, 0.25) is 0 Å². The van der Waals surface area contributed by atoms with Gasteiger partial charge in [0.1, 0.15) is 0 Å². The number of nitrogens with one attached hydrogen (secondary N) is 1. The van der Waals surface area contributed by atoms with Crippen LogP contribution in [0.25, 0.3) is 0 Å². The lowest BCUT2D eigenvalue weighted by molar-refractivity contribution is 0.243. The SMILES string of the molecule is CCCNCc1csc(N2CCCC3CCCCC32)n1. The van der Waals surface area contributed by atoms with Crippen molar-refractivity contribution in [2.24, 2.45) is 5.92 Å². The molecule has 2 unspecified atom stereocenters. The molecule has 1 saturated heterocycles. The lowest BCUT2D eigenvalue weighted by atomic mass is 9.78. The lowest BCUT2D eigenvalue weighted by Crippen LogP contribution is -2.46. The Labute approximate surface area is 126 Å². The second-order valence-electron chi connectivity index (χ2n) is 6.25. The highest BCUT2D eigenvalue weighted by molar-refractivity contribution is 7.13. The fourth-order valence-electron chi connectivity index (χ4n) is 3.76. The molecule has 2 aliphatic rings. The van der Waals surface area contributed by atoms with Crippen molar-refractivity contribution in [3.05, 3.63) is 11.1 Å². The minimum absolute atomic E-state index is 0.778. The molecule has 3 rings (SSSR count). The van der Waals surface area contributed by atoms with Gasteiger partial charge in [-0.15, -0.1) is 11.3 Å². The molecule has 112 valence electrons. The zero-order chi connectivity index (χ0) is 13.8. The summed E-state index contributed by atoms with van der Waals surface area (Å²) < 4.78 is 0. The van der Waals surface area contributed by atoms with Gasteiger partial charge < -0.3 is 10.2 Å². The van der Waals surface area contributed by atoms with E-state index >= 15 is 0 Å². The molecule has 2 heterocycles. The maximum absolute atomic E-state index is 4.88. The normalized spacial score (nSPS) is 26.6. The highest BCUT2D eigenvalue weighted by Gasteiger charge is 2.34. The number of piperidine rings is 1. The summed E-state index contributed by atoms with van der Waals surface area (Å²) in [5, 5.41) is 6.96. The smallest absolute Gasteiger partial charge is 0.185 e. The van der Waals surface area contributed by atoms with Crippen LogP contribution in [0.3, 0.4) is 0 Å². The Kier molecular flexibility index (Phi) is 4.94. The molecular weight excluding hydrogens is 266 g/mol. The molecule has 3 nitrogen and oxygen atoms in total. The van der Waals surface area contributed by atoms with Crippen LogP contribution < -0.4 is 10.2 Å². The van der Waals surface area contributed by atoms with Gasteiger partial charge in [-0.1, -0.05) is 19.8 Å². The maximum Gasteiger partial charge on any atom is 0.185 e. The fourth-order valence-corrected chi connectivity index (χ4v) is 4.67. The van der Waals surface area contributed by atoms with Crippen LogP contribution in [0.1, 0.15) is 57.6 Å². The van der Waals surface area contributed by atoms with Crippen molar-refractivity contribution in [3.8, 4) is 0 Å². The first kappa shape index (κ1) is 14.3. The maximum atomic E-state index is 4.88. The predicted octanol–water partition coefficient (Wildman–Crippen LogP) is 3.80. The van der Waals surface area contributed by atoms with Gasteiger partial charge in [0.05, 0.1) is 5.69 Å². The zero-order valence-electron chi connectivity index (χ0n) is 12.6. The van der Waals surface area contributed by atoms with Crippen LogP contribution in [0.5, 0.6) is 0 Å². The quantitative estimate of drug-likeness (QED) is 0.837. The van der Waals surface area contributed by atoms with Crippen molar-refractivity contribution < 1.29 is 0 Å². The van der Waals surface area contributed by atoms with Crippen LogP contribution in [0.2, 0.25) is 0 Å². The third kappa shape index (κ3) is 3.17. The van der Waals surface area contributed by atoms with Crippen LogP contribution in [-0.4, -0.2) is 24.1 Å². The molecule has 0 aromatic carbocycles. The molecular formula is C16H27N3S. The summed E-state index contributed by atoms with van der Waals surface area (Å²) in [4.78, 5) is 7.51. The molecule has 1 aliphatic carbocycles. The van der Waals surface area contributed by atoms with E-state index in [9.17, 15) is 0 Å². The van der Waals surface area contributed by atoms with E-state index in [-0.39, 0.29) is 0 Å². The van der Waals surface area contributed by atoms with Gasteiger partial charge in [0, 0.05) is 24.5 Å². The summed E-state index contributed by atoms with van der Waals surface area (Å²) in [6, 6.07) is 0.778. The van der Waals surface area contributed by atoms with Crippen molar-refractivity contribution in [1.29, 1.82) is 0 Å². The topological polar surface area (TPSA) is 28.2 Å². The van der Waals surface area contributed by atoms with Gasteiger partial charge in [-0.3, -0.25) is 0 Å². The van der Waals surface area contributed by atoms with Gasteiger partial charge in [-0.25, -0.2) is 4.98 Å². The lowest BCUT2D eigenvalue weighted by Gasteiger charge is -2.44. The number of hydrogen-bond acceptors (Lipinski definition) is 4. The number of hydrogen-bond donors (Lipinski definition) is 1. The number of aromatic nitrogens is 1. The molecule has 0 amide bonds. The van der Waals surface area contributed by atoms with E-state index < -0.39 is 0 Å². The first-order valence-corrected chi connectivity index (χ1v) is 9.18. The Hall–Kier alpha value is -0.610. The van der Waals surface area contributed by atoms with Crippen molar-refractivity contribution in [2.75, 3.05) is 18.0 Å². The van der Waals surface area contributed by atoms with Crippen molar-refractivity contribution in [2.45, 2.75) is 64.5 Å². The Bertz CT molecular complexity index is 416. The number of anilines is 1. The monoisotopic (exact) mass is 293 g/mol. The fraction of sp³-hybridized carbons (Fsp3) is 0.812. The van der Waals surface area contributed by atoms with Crippen molar-refractivity contribution in [3.63, 3.8) is 0 Å². The summed E-state index contributed by atoms with van der Waals surface area (Å²) in [6.07, 6.45) is 9.66.